The number of Topliss-reactive ketones (excluding diaryl/α,β-unsaturated/α-hetero) is 1. The number of carbonyl (C=O) groups is 1. The van der Waals surface area contributed by atoms with Gasteiger partial charge in [-0.1, -0.05) is 130 Å². The van der Waals surface area contributed by atoms with E-state index >= 15 is 0 Å². The fraction of sp³-hybridized carbons (Fsp3) is 0.594. The van der Waals surface area contributed by atoms with Gasteiger partial charge in [0.05, 0.1) is 32.0 Å². The Morgan fingerprint density at radius 3 is 1.92 bits per heavy atom. The predicted octanol–water partition coefficient (Wildman–Crippen LogP) is 9.13. The van der Waals surface area contributed by atoms with E-state index in [2.05, 4.69) is 16.9 Å². The third-order valence-electron chi connectivity index (χ3n) is 6.85. The van der Waals surface area contributed by atoms with E-state index in [1.165, 1.54) is 51.4 Å². The second-order valence-corrected chi connectivity index (χ2v) is 10.1. The zero-order valence-corrected chi connectivity index (χ0v) is 23.3. The van der Waals surface area contributed by atoms with Crippen molar-refractivity contribution < 1.29 is 14.3 Å². The van der Waals surface area contributed by atoms with Crippen LogP contribution in [0.2, 0.25) is 0 Å². The van der Waals surface area contributed by atoms with Crippen molar-refractivity contribution in [2.24, 2.45) is 5.11 Å². The second kappa shape index (κ2) is 21.3. The van der Waals surface area contributed by atoms with Crippen molar-refractivity contribution in [3.05, 3.63) is 82.2 Å². The summed E-state index contributed by atoms with van der Waals surface area (Å²) >= 11 is 0. The molecular formula is C32H47N3O3. The summed E-state index contributed by atoms with van der Waals surface area (Å²) < 4.78 is 12.1. The van der Waals surface area contributed by atoms with Gasteiger partial charge in [-0.3, -0.25) is 4.79 Å². The largest absolute Gasteiger partial charge is 0.376 e. The van der Waals surface area contributed by atoms with Gasteiger partial charge >= 0.3 is 0 Å². The standard InChI is InChI=1S/C32H47N3O3/c1-2-3-4-5-6-7-8-9-10-17-22-30(36)23-24-32(38-26-29-20-15-12-16-21-29)31(34-35-33)27-37-25-28-18-13-11-14-19-28/h11-16,18-21,31-32H,2-10,17,22-27H2,1H3/t31-,32+/m0/s1. The van der Waals surface area contributed by atoms with E-state index in [9.17, 15) is 10.3 Å². The number of unbranched alkanes of at least 4 members (excludes halogenated alkanes) is 9. The minimum atomic E-state index is -0.502. The van der Waals surface area contributed by atoms with Gasteiger partial charge in [0.2, 0.25) is 0 Å². The van der Waals surface area contributed by atoms with Gasteiger partial charge in [0.1, 0.15) is 5.78 Å². The second-order valence-electron chi connectivity index (χ2n) is 10.1. The highest BCUT2D eigenvalue weighted by atomic mass is 16.5. The monoisotopic (exact) mass is 521 g/mol. The van der Waals surface area contributed by atoms with Crippen LogP contribution in [-0.4, -0.2) is 24.5 Å². The lowest BCUT2D eigenvalue weighted by Crippen LogP contribution is -2.32. The average molecular weight is 522 g/mol. The topological polar surface area (TPSA) is 84.3 Å². The maximum Gasteiger partial charge on any atom is 0.133 e. The van der Waals surface area contributed by atoms with Gasteiger partial charge in [-0.25, -0.2) is 0 Å². The van der Waals surface area contributed by atoms with E-state index in [1.54, 1.807) is 0 Å². The minimum Gasteiger partial charge on any atom is -0.376 e. The Morgan fingerprint density at radius 2 is 1.34 bits per heavy atom. The summed E-state index contributed by atoms with van der Waals surface area (Å²) in [4.78, 5) is 15.7. The molecule has 0 bridgehead atoms. The number of hydrogen-bond donors (Lipinski definition) is 0. The van der Waals surface area contributed by atoms with Crippen LogP contribution in [-0.2, 0) is 27.5 Å². The highest BCUT2D eigenvalue weighted by Gasteiger charge is 2.23. The lowest BCUT2D eigenvalue weighted by Gasteiger charge is -2.24. The van der Waals surface area contributed by atoms with Crippen molar-refractivity contribution in [2.75, 3.05) is 6.61 Å². The molecule has 0 saturated heterocycles. The van der Waals surface area contributed by atoms with Crippen LogP contribution in [0.1, 0.15) is 102 Å². The van der Waals surface area contributed by atoms with Gasteiger partial charge in [0.15, 0.2) is 0 Å². The third-order valence-corrected chi connectivity index (χ3v) is 6.85. The minimum absolute atomic E-state index is 0.241. The number of carbonyl (C=O) groups excluding carboxylic acids is 1. The molecule has 2 atom stereocenters. The molecule has 0 aromatic heterocycles. The lowest BCUT2D eigenvalue weighted by molar-refractivity contribution is -0.120. The molecule has 38 heavy (non-hydrogen) atoms. The number of ether oxygens (including phenoxy) is 2. The highest BCUT2D eigenvalue weighted by molar-refractivity contribution is 5.78. The number of benzene rings is 2. The first-order chi connectivity index (χ1) is 18.7. The molecule has 0 aliphatic heterocycles. The van der Waals surface area contributed by atoms with Crippen molar-refractivity contribution in [1.82, 2.24) is 0 Å². The van der Waals surface area contributed by atoms with E-state index in [-0.39, 0.29) is 12.4 Å². The van der Waals surface area contributed by atoms with Crippen LogP contribution in [0.15, 0.2) is 65.8 Å². The summed E-state index contributed by atoms with van der Waals surface area (Å²) in [7, 11) is 0. The summed E-state index contributed by atoms with van der Waals surface area (Å²) in [6, 6.07) is 19.3. The summed E-state index contributed by atoms with van der Waals surface area (Å²) in [6.07, 6.45) is 13.7. The van der Waals surface area contributed by atoms with Crippen molar-refractivity contribution in [2.45, 2.75) is 116 Å². The fourth-order valence-electron chi connectivity index (χ4n) is 4.56. The number of azide groups is 1. The maximum atomic E-state index is 12.6. The zero-order valence-electron chi connectivity index (χ0n) is 23.3. The van der Waals surface area contributed by atoms with Gasteiger partial charge < -0.3 is 9.47 Å². The molecule has 0 radical (unpaired) electrons. The number of rotatable bonds is 23. The summed E-state index contributed by atoms with van der Waals surface area (Å²) in [5.41, 5.74) is 11.3. The van der Waals surface area contributed by atoms with Crippen LogP contribution >= 0.6 is 0 Å². The number of ketones is 1. The molecule has 2 rings (SSSR count). The Hall–Kier alpha value is -2.66. The van der Waals surface area contributed by atoms with E-state index in [0.717, 1.165) is 24.0 Å². The normalized spacial score (nSPS) is 12.6. The van der Waals surface area contributed by atoms with Gasteiger partial charge in [0.25, 0.3) is 0 Å². The Morgan fingerprint density at radius 1 is 0.789 bits per heavy atom. The molecule has 0 amide bonds. The Bertz CT molecular complexity index is 901. The molecular weight excluding hydrogens is 474 g/mol. The van der Waals surface area contributed by atoms with Crippen LogP contribution in [0.4, 0.5) is 0 Å². The van der Waals surface area contributed by atoms with Crippen molar-refractivity contribution in [3.63, 3.8) is 0 Å². The zero-order chi connectivity index (χ0) is 27.1. The molecule has 0 N–H and O–H groups in total. The molecule has 2 aromatic carbocycles. The van der Waals surface area contributed by atoms with Crippen molar-refractivity contribution in [1.29, 1.82) is 0 Å². The van der Waals surface area contributed by atoms with E-state index < -0.39 is 12.1 Å². The molecule has 6 nitrogen and oxygen atoms in total. The molecule has 0 aliphatic carbocycles. The molecule has 208 valence electrons. The molecule has 0 spiro atoms. The maximum absolute atomic E-state index is 12.6. The number of hydrogen-bond acceptors (Lipinski definition) is 4. The van der Waals surface area contributed by atoms with Gasteiger partial charge in [-0.15, -0.1) is 0 Å². The SMILES string of the molecule is CCCCCCCCCCCCC(=O)CC[C@@H](OCc1ccccc1)[C@H](COCc1ccccc1)N=[N+]=[N-]. The fourth-order valence-corrected chi connectivity index (χ4v) is 4.56. The Labute approximate surface area is 229 Å². The molecule has 2 aromatic rings. The molecule has 0 aliphatic rings. The van der Waals surface area contributed by atoms with Crippen molar-refractivity contribution >= 4 is 5.78 Å². The molecule has 6 heteroatoms. The summed E-state index contributed by atoms with van der Waals surface area (Å²) in [5.74, 6) is 0.253. The smallest absolute Gasteiger partial charge is 0.133 e. The quantitative estimate of drug-likeness (QED) is 0.0632. The predicted molar refractivity (Wildman–Crippen MR) is 155 cm³/mol. The molecule has 0 unspecified atom stereocenters. The van der Waals surface area contributed by atoms with Gasteiger partial charge in [0, 0.05) is 17.8 Å². The van der Waals surface area contributed by atoms with Crippen LogP contribution in [0.3, 0.4) is 0 Å². The van der Waals surface area contributed by atoms with Crippen molar-refractivity contribution in [3.8, 4) is 0 Å². The Balaban J connectivity index is 1.77. The summed E-state index contributed by atoms with van der Waals surface area (Å²) in [6.45, 7) is 3.32. The molecule has 0 heterocycles. The first-order valence-corrected chi connectivity index (χ1v) is 14.6. The first kappa shape index (κ1) is 31.6. The average Bonchev–Trinajstić information content (AvgIpc) is 2.95. The molecule has 0 fully saturated rings. The van der Waals surface area contributed by atoms with Crippen LogP contribution in [0, 0.1) is 0 Å². The van der Waals surface area contributed by atoms with Gasteiger partial charge in [-0.05, 0) is 29.5 Å². The number of nitrogens with zero attached hydrogens (tertiary/aromatic N) is 3. The van der Waals surface area contributed by atoms with Gasteiger partial charge in [-0.2, -0.15) is 0 Å². The van der Waals surface area contributed by atoms with E-state index in [4.69, 9.17) is 9.47 Å². The van der Waals surface area contributed by atoms with Crippen LogP contribution < -0.4 is 0 Å². The first-order valence-electron chi connectivity index (χ1n) is 14.6. The van der Waals surface area contributed by atoms with E-state index in [1.807, 2.05) is 60.7 Å². The molecule has 0 saturated carbocycles. The summed E-state index contributed by atoms with van der Waals surface area (Å²) in [5, 5.41) is 3.99. The van der Waals surface area contributed by atoms with E-state index in [0.29, 0.717) is 32.5 Å². The third kappa shape index (κ3) is 14.9. The highest BCUT2D eigenvalue weighted by Crippen LogP contribution is 2.18. The van der Waals surface area contributed by atoms with Crippen LogP contribution in [0.5, 0.6) is 0 Å². The van der Waals surface area contributed by atoms with Crippen LogP contribution in [0.25, 0.3) is 10.4 Å². The Kier molecular flexibility index (Phi) is 17.7. The lowest BCUT2D eigenvalue weighted by atomic mass is 10.0.